The molecule has 3 aromatic rings. The maximum atomic E-state index is 10.8. The molecule has 1 atom stereocenters. The lowest BCUT2D eigenvalue weighted by atomic mass is 10.1. The van der Waals surface area contributed by atoms with Crippen LogP contribution in [0, 0.1) is 0 Å². The molecule has 0 unspecified atom stereocenters. The maximum Gasteiger partial charge on any atom is 0.355 e. The number of H-pyrrole nitrogens is 1. The highest BCUT2D eigenvalue weighted by Gasteiger charge is 2.12. The summed E-state index contributed by atoms with van der Waals surface area (Å²) < 4.78 is 0. The Hall–Kier alpha value is -3.26. The van der Waals surface area contributed by atoms with Crippen LogP contribution in [0.1, 0.15) is 16.2 Å². The number of aliphatic carboxylic acids is 1. The first kappa shape index (κ1) is 17.1. The first-order valence-corrected chi connectivity index (χ1v) is 7.01. The Morgan fingerprint density at radius 3 is 2.58 bits per heavy atom. The van der Waals surface area contributed by atoms with E-state index in [9.17, 15) is 9.59 Å². The van der Waals surface area contributed by atoms with Gasteiger partial charge in [0.15, 0.2) is 5.69 Å². The molecule has 8 heteroatoms. The van der Waals surface area contributed by atoms with Gasteiger partial charge in [-0.05, 0) is 11.5 Å². The van der Waals surface area contributed by atoms with Gasteiger partial charge in [-0.25, -0.2) is 14.8 Å². The number of carboxylic acids is 2. The number of hydrogen-bond donors (Lipinski definition) is 4. The normalized spacial score (nSPS) is 11.4. The fourth-order valence-electron chi connectivity index (χ4n) is 2.01. The molecule has 2 aromatic heterocycles. The van der Waals surface area contributed by atoms with Crippen molar-refractivity contribution < 1.29 is 19.8 Å². The Morgan fingerprint density at radius 1 is 1.21 bits per heavy atom. The third-order valence-electron chi connectivity index (χ3n) is 3.19. The number of aromatic nitrogens is 3. The molecule has 5 N–H and O–H groups in total. The highest BCUT2D eigenvalue weighted by molar-refractivity contribution is 6.01. The number of nitrogens with zero attached hydrogens (tertiary/aromatic N) is 2. The van der Waals surface area contributed by atoms with E-state index in [1.54, 1.807) is 24.4 Å². The van der Waals surface area contributed by atoms with Gasteiger partial charge in [-0.1, -0.05) is 24.3 Å². The van der Waals surface area contributed by atoms with Gasteiger partial charge < -0.3 is 20.9 Å². The Kier molecular flexibility index (Phi) is 5.58. The summed E-state index contributed by atoms with van der Waals surface area (Å²) in [5.74, 6) is -1.99. The van der Waals surface area contributed by atoms with Gasteiger partial charge in [0.1, 0.15) is 6.04 Å². The summed E-state index contributed by atoms with van der Waals surface area (Å²) in [7, 11) is 0. The molecule has 0 saturated carbocycles. The van der Waals surface area contributed by atoms with Crippen molar-refractivity contribution in [2.75, 3.05) is 0 Å². The number of carboxylic acid groups (broad SMARTS) is 2. The summed E-state index contributed by atoms with van der Waals surface area (Å²) in [6.45, 7) is 0. The predicted molar refractivity (Wildman–Crippen MR) is 86.6 cm³/mol. The number of pyridine rings is 1. The number of rotatable bonds is 4. The van der Waals surface area contributed by atoms with Crippen LogP contribution in [0.2, 0.25) is 0 Å². The maximum absolute atomic E-state index is 10.8. The second kappa shape index (κ2) is 7.84. The molecule has 0 aliphatic carbocycles. The fourth-order valence-corrected chi connectivity index (χ4v) is 2.01. The van der Waals surface area contributed by atoms with Gasteiger partial charge in [0, 0.05) is 29.9 Å². The van der Waals surface area contributed by atoms with Crippen molar-refractivity contribution in [3.05, 3.63) is 60.4 Å². The topological polar surface area (TPSA) is 142 Å². The van der Waals surface area contributed by atoms with Crippen LogP contribution in [0.5, 0.6) is 0 Å². The van der Waals surface area contributed by atoms with Crippen molar-refractivity contribution >= 4 is 22.7 Å². The second-order valence-corrected chi connectivity index (χ2v) is 4.91. The van der Waals surface area contributed by atoms with E-state index in [0.29, 0.717) is 5.39 Å². The Balaban J connectivity index is 0.000000177. The number of aromatic carboxylic acids is 1. The highest BCUT2D eigenvalue weighted by atomic mass is 16.4. The Bertz CT molecular complexity index is 828. The minimum atomic E-state index is -1.00. The van der Waals surface area contributed by atoms with E-state index in [0.717, 1.165) is 11.1 Å². The van der Waals surface area contributed by atoms with E-state index in [-0.39, 0.29) is 12.1 Å². The molecule has 0 radical (unpaired) electrons. The van der Waals surface area contributed by atoms with Crippen molar-refractivity contribution in [1.29, 1.82) is 0 Å². The average molecular weight is 328 g/mol. The molecule has 0 amide bonds. The van der Waals surface area contributed by atoms with Gasteiger partial charge >= 0.3 is 11.9 Å². The van der Waals surface area contributed by atoms with Crippen LogP contribution in [-0.4, -0.2) is 43.1 Å². The number of fused-ring (bicyclic) bond motifs is 1. The first-order chi connectivity index (χ1) is 11.5. The van der Waals surface area contributed by atoms with E-state index < -0.39 is 18.0 Å². The lowest BCUT2D eigenvalue weighted by Gasteiger charge is -2.02. The molecular formula is C16H16N4O4. The van der Waals surface area contributed by atoms with Crippen LogP contribution in [0.4, 0.5) is 0 Å². The summed E-state index contributed by atoms with van der Waals surface area (Å²) in [4.78, 5) is 31.3. The van der Waals surface area contributed by atoms with Gasteiger partial charge in [0.05, 0.1) is 6.33 Å². The summed E-state index contributed by atoms with van der Waals surface area (Å²) in [5, 5.41) is 18.8. The molecule has 124 valence electrons. The zero-order valence-electron chi connectivity index (χ0n) is 12.6. The SMILES string of the molecule is N[C@@H](Cc1cnc[nH]1)C(=O)O.O=C(O)c1nccc2ccccc12. The number of nitrogens with one attached hydrogen (secondary N) is 1. The quantitative estimate of drug-likeness (QED) is 0.565. The molecule has 0 saturated heterocycles. The third kappa shape index (κ3) is 4.37. The second-order valence-electron chi connectivity index (χ2n) is 4.91. The zero-order chi connectivity index (χ0) is 17.5. The third-order valence-corrected chi connectivity index (χ3v) is 3.19. The highest BCUT2D eigenvalue weighted by Crippen LogP contribution is 2.15. The average Bonchev–Trinajstić information content (AvgIpc) is 3.07. The van der Waals surface area contributed by atoms with E-state index in [2.05, 4.69) is 15.0 Å². The van der Waals surface area contributed by atoms with Crippen LogP contribution in [0.15, 0.2) is 49.1 Å². The fraction of sp³-hybridized carbons (Fsp3) is 0.125. The number of hydrogen-bond acceptors (Lipinski definition) is 5. The van der Waals surface area contributed by atoms with Crippen molar-refractivity contribution in [2.45, 2.75) is 12.5 Å². The molecule has 0 aliphatic rings. The van der Waals surface area contributed by atoms with Crippen molar-refractivity contribution in [2.24, 2.45) is 5.73 Å². The van der Waals surface area contributed by atoms with Crippen LogP contribution in [0.25, 0.3) is 10.8 Å². The molecule has 24 heavy (non-hydrogen) atoms. The predicted octanol–water partition coefficient (Wildman–Crippen LogP) is 1.30. The van der Waals surface area contributed by atoms with Crippen LogP contribution in [0.3, 0.4) is 0 Å². The monoisotopic (exact) mass is 328 g/mol. The molecule has 8 nitrogen and oxygen atoms in total. The van der Waals surface area contributed by atoms with Crippen molar-refractivity contribution in [3.63, 3.8) is 0 Å². The summed E-state index contributed by atoms with van der Waals surface area (Å²) in [6, 6.07) is 8.23. The smallest absolute Gasteiger partial charge is 0.355 e. The molecule has 3 rings (SSSR count). The molecule has 1 aromatic carbocycles. The van der Waals surface area contributed by atoms with Gasteiger partial charge in [-0.3, -0.25) is 4.79 Å². The largest absolute Gasteiger partial charge is 0.480 e. The zero-order valence-corrected chi connectivity index (χ0v) is 12.6. The number of benzene rings is 1. The Labute approximate surface area is 137 Å². The minimum absolute atomic E-state index is 0.109. The Morgan fingerprint density at radius 2 is 1.96 bits per heavy atom. The number of aromatic amines is 1. The molecule has 0 aliphatic heterocycles. The molecule has 0 bridgehead atoms. The van der Waals surface area contributed by atoms with Crippen LogP contribution in [-0.2, 0) is 11.2 Å². The minimum Gasteiger partial charge on any atom is -0.480 e. The number of carbonyl (C=O) groups is 2. The van der Waals surface area contributed by atoms with Crippen molar-refractivity contribution in [1.82, 2.24) is 15.0 Å². The molecule has 0 spiro atoms. The van der Waals surface area contributed by atoms with E-state index in [4.69, 9.17) is 15.9 Å². The molecular weight excluding hydrogens is 312 g/mol. The van der Waals surface area contributed by atoms with Gasteiger partial charge in [0.25, 0.3) is 0 Å². The lowest BCUT2D eigenvalue weighted by molar-refractivity contribution is -0.138. The van der Waals surface area contributed by atoms with Gasteiger partial charge in [-0.15, -0.1) is 0 Å². The standard InChI is InChI=1S/C10H7NO2.C6H9N3O2/c12-10(13)9-8-4-2-1-3-7(8)5-6-11-9;7-5(6(10)11)1-4-2-8-3-9-4/h1-6H,(H,12,13);2-3,5H,1,7H2,(H,8,9)(H,10,11)/t;5-/m.0/s1. The summed E-state index contributed by atoms with van der Waals surface area (Å²) in [6.07, 6.45) is 4.84. The first-order valence-electron chi connectivity index (χ1n) is 7.01. The summed E-state index contributed by atoms with van der Waals surface area (Å²) in [5.41, 5.74) is 6.11. The molecule has 0 fully saturated rings. The van der Waals surface area contributed by atoms with E-state index in [1.165, 1.54) is 12.5 Å². The summed E-state index contributed by atoms with van der Waals surface area (Å²) >= 11 is 0. The van der Waals surface area contributed by atoms with Gasteiger partial charge in [0.2, 0.25) is 0 Å². The number of imidazole rings is 1. The van der Waals surface area contributed by atoms with E-state index >= 15 is 0 Å². The molecule has 2 heterocycles. The lowest BCUT2D eigenvalue weighted by Crippen LogP contribution is -2.32. The number of nitrogens with two attached hydrogens (primary N) is 1. The van der Waals surface area contributed by atoms with E-state index in [1.807, 2.05) is 12.1 Å². The van der Waals surface area contributed by atoms with Crippen LogP contribution >= 0.6 is 0 Å². The van der Waals surface area contributed by atoms with Crippen molar-refractivity contribution in [3.8, 4) is 0 Å². The van der Waals surface area contributed by atoms with Gasteiger partial charge in [-0.2, -0.15) is 0 Å². The van der Waals surface area contributed by atoms with Crippen LogP contribution < -0.4 is 5.73 Å².